The number of carbonyl (C=O) groups is 1. The van der Waals surface area contributed by atoms with Gasteiger partial charge >= 0.3 is 16.5 Å². The number of hydrogen-bond donors (Lipinski definition) is 0. The molecule has 1 amide bonds. The molecule has 8 heteroatoms. The highest BCUT2D eigenvalue weighted by Crippen LogP contribution is 2.27. The lowest BCUT2D eigenvalue weighted by atomic mass is 10.1. The quantitative estimate of drug-likeness (QED) is 0.812. The molecule has 0 spiro atoms. The second-order valence-corrected chi connectivity index (χ2v) is 6.15. The van der Waals surface area contributed by atoms with Crippen LogP contribution in [0.4, 0.5) is 4.79 Å². The zero-order valence-corrected chi connectivity index (χ0v) is 12.0. The highest BCUT2D eigenvalue weighted by Gasteiger charge is 2.44. The number of benzene rings is 1. The van der Waals surface area contributed by atoms with Crippen molar-refractivity contribution in [3.8, 4) is 0 Å². The number of likely N-dealkylation sites (tertiary alicyclic amines) is 1. The molecule has 0 aliphatic carbocycles. The van der Waals surface area contributed by atoms with E-state index in [0.717, 1.165) is 5.56 Å². The van der Waals surface area contributed by atoms with E-state index in [1.54, 1.807) is 0 Å². The molecule has 0 unspecified atom stereocenters. The molecule has 0 aromatic heterocycles. The van der Waals surface area contributed by atoms with Crippen molar-refractivity contribution < 1.29 is 26.3 Å². The Hall–Kier alpha value is -1.64. The van der Waals surface area contributed by atoms with Crippen LogP contribution in [0.2, 0.25) is 0 Å². The summed E-state index contributed by atoms with van der Waals surface area (Å²) in [5.74, 6) is 0. The van der Waals surface area contributed by atoms with Gasteiger partial charge in [-0.3, -0.25) is 0 Å². The Morgan fingerprint density at radius 1 is 1.24 bits per heavy atom. The largest absolute Gasteiger partial charge is 0.445 e. The molecule has 0 N–H and O–H groups in total. The van der Waals surface area contributed by atoms with Crippen LogP contribution >= 0.6 is 0 Å². The molecule has 1 aromatic rings. The van der Waals surface area contributed by atoms with Gasteiger partial charge in [-0.2, -0.15) is 8.42 Å². The van der Waals surface area contributed by atoms with Gasteiger partial charge in [-0.15, -0.1) is 0 Å². The van der Waals surface area contributed by atoms with E-state index in [9.17, 15) is 13.2 Å². The first-order valence-electron chi connectivity index (χ1n) is 6.61. The van der Waals surface area contributed by atoms with Crippen molar-refractivity contribution in [2.24, 2.45) is 0 Å². The molecule has 3 rings (SSSR count). The van der Waals surface area contributed by atoms with Crippen LogP contribution in [0.3, 0.4) is 0 Å². The molecule has 0 radical (unpaired) electrons. The Kier molecular flexibility index (Phi) is 3.83. The molecule has 0 bridgehead atoms. The van der Waals surface area contributed by atoms with Gasteiger partial charge in [-0.25, -0.2) is 13.2 Å². The van der Waals surface area contributed by atoms with Gasteiger partial charge < -0.3 is 9.64 Å². The lowest BCUT2D eigenvalue weighted by Gasteiger charge is -2.30. The molecule has 2 heterocycles. The van der Waals surface area contributed by atoms with Crippen molar-refractivity contribution in [2.75, 3.05) is 13.1 Å². The number of amides is 1. The summed E-state index contributed by atoms with van der Waals surface area (Å²) in [4.78, 5) is 13.4. The van der Waals surface area contributed by atoms with Gasteiger partial charge in [-0.05, 0) is 12.0 Å². The summed E-state index contributed by atoms with van der Waals surface area (Å²) in [5, 5.41) is 0. The SMILES string of the molecule is O=C(OCc1ccccc1)N1CC[C@@H]2OS(=O)(=O)O[C@@H]2C1. The third-order valence-corrected chi connectivity index (χ3v) is 4.41. The van der Waals surface area contributed by atoms with E-state index in [0.29, 0.717) is 13.0 Å². The minimum Gasteiger partial charge on any atom is -0.445 e. The van der Waals surface area contributed by atoms with Crippen LogP contribution in [0.15, 0.2) is 30.3 Å². The predicted octanol–water partition coefficient (Wildman–Crippen LogP) is 1.06. The Labute approximate surface area is 122 Å². The number of nitrogens with zero attached hydrogens (tertiary/aromatic N) is 1. The standard InChI is InChI=1S/C13H15NO6S/c15-13(18-9-10-4-2-1-3-5-10)14-7-6-11-12(8-14)20-21(16,17)19-11/h1-5,11-12H,6-9H2/t11-,12+/m0/s1. The van der Waals surface area contributed by atoms with Crippen molar-refractivity contribution in [3.63, 3.8) is 0 Å². The Morgan fingerprint density at radius 3 is 2.71 bits per heavy atom. The molecule has 2 aliphatic rings. The zero-order chi connectivity index (χ0) is 14.9. The lowest BCUT2D eigenvalue weighted by Crippen LogP contribution is -2.47. The molecule has 114 valence electrons. The van der Waals surface area contributed by atoms with E-state index < -0.39 is 28.7 Å². The summed E-state index contributed by atoms with van der Waals surface area (Å²) in [5.41, 5.74) is 0.892. The third-order valence-electron chi connectivity index (χ3n) is 3.44. The first kappa shape index (κ1) is 14.3. The van der Waals surface area contributed by atoms with Crippen molar-refractivity contribution in [1.82, 2.24) is 4.90 Å². The maximum atomic E-state index is 12.0. The number of fused-ring (bicyclic) bond motifs is 1. The molecular weight excluding hydrogens is 298 g/mol. The molecule has 0 saturated carbocycles. The third kappa shape index (κ3) is 3.34. The van der Waals surface area contributed by atoms with Crippen LogP contribution in [0.5, 0.6) is 0 Å². The second-order valence-electron chi connectivity index (χ2n) is 4.95. The summed E-state index contributed by atoms with van der Waals surface area (Å²) < 4.78 is 37.2. The fourth-order valence-corrected chi connectivity index (χ4v) is 3.46. The topological polar surface area (TPSA) is 82.1 Å². The first-order chi connectivity index (χ1) is 10.0. The van der Waals surface area contributed by atoms with Gasteiger partial charge in [0.2, 0.25) is 0 Å². The molecule has 7 nitrogen and oxygen atoms in total. The molecule has 2 aliphatic heterocycles. The van der Waals surface area contributed by atoms with Gasteiger partial charge in [0.05, 0.1) is 6.54 Å². The van der Waals surface area contributed by atoms with Crippen LogP contribution in [0.1, 0.15) is 12.0 Å². The fourth-order valence-electron chi connectivity index (χ4n) is 2.40. The van der Waals surface area contributed by atoms with Gasteiger partial charge in [0.1, 0.15) is 18.8 Å². The van der Waals surface area contributed by atoms with E-state index in [-0.39, 0.29) is 13.2 Å². The Bertz CT molecular complexity index is 617. The van der Waals surface area contributed by atoms with Crippen molar-refractivity contribution >= 4 is 16.5 Å². The summed E-state index contributed by atoms with van der Waals surface area (Å²) in [7, 11) is -3.91. The number of carbonyl (C=O) groups excluding carboxylic acids is 1. The highest BCUT2D eigenvalue weighted by atomic mass is 32.3. The zero-order valence-electron chi connectivity index (χ0n) is 11.2. The van der Waals surface area contributed by atoms with Crippen LogP contribution in [-0.2, 0) is 30.1 Å². The summed E-state index contributed by atoms with van der Waals surface area (Å²) in [6.45, 7) is 0.713. The maximum Gasteiger partial charge on any atom is 0.410 e. The van der Waals surface area contributed by atoms with Gasteiger partial charge in [0, 0.05) is 6.54 Å². The van der Waals surface area contributed by atoms with Crippen molar-refractivity contribution in [2.45, 2.75) is 25.2 Å². The van der Waals surface area contributed by atoms with E-state index in [2.05, 4.69) is 0 Å². The number of ether oxygens (including phenoxy) is 1. The normalized spacial score (nSPS) is 27.1. The Balaban J connectivity index is 1.55. The number of hydrogen-bond acceptors (Lipinski definition) is 6. The average Bonchev–Trinajstić information content (AvgIpc) is 2.78. The highest BCUT2D eigenvalue weighted by molar-refractivity contribution is 7.82. The molecule has 21 heavy (non-hydrogen) atoms. The van der Waals surface area contributed by atoms with Crippen LogP contribution < -0.4 is 0 Å². The monoisotopic (exact) mass is 313 g/mol. The fraction of sp³-hybridized carbons (Fsp3) is 0.462. The van der Waals surface area contributed by atoms with Crippen molar-refractivity contribution in [3.05, 3.63) is 35.9 Å². The van der Waals surface area contributed by atoms with Gasteiger partial charge in [-0.1, -0.05) is 30.3 Å². The minimum absolute atomic E-state index is 0.150. The van der Waals surface area contributed by atoms with Gasteiger partial charge in [0.15, 0.2) is 0 Å². The lowest BCUT2D eigenvalue weighted by molar-refractivity contribution is 0.0357. The van der Waals surface area contributed by atoms with E-state index >= 15 is 0 Å². The summed E-state index contributed by atoms with van der Waals surface area (Å²) >= 11 is 0. The predicted molar refractivity (Wildman–Crippen MR) is 71.5 cm³/mol. The molecule has 1 aromatic carbocycles. The maximum absolute atomic E-state index is 12.0. The minimum atomic E-state index is -3.91. The first-order valence-corrected chi connectivity index (χ1v) is 7.94. The molecule has 2 saturated heterocycles. The Morgan fingerprint density at radius 2 is 1.95 bits per heavy atom. The molecule has 2 atom stereocenters. The van der Waals surface area contributed by atoms with Crippen LogP contribution in [0.25, 0.3) is 0 Å². The van der Waals surface area contributed by atoms with Crippen LogP contribution in [0, 0.1) is 0 Å². The summed E-state index contributed by atoms with van der Waals surface area (Å²) in [6.07, 6.45) is -1.23. The smallest absolute Gasteiger partial charge is 0.410 e. The second kappa shape index (κ2) is 5.63. The van der Waals surface area contributed by atoms with Crippen LogP contribution in [-0.4, -0.2) is 44.7 Å². The van der Waals surface area contributed by atoms with Crippen molar-refractivity contribution in [1.29, 1.82) is 0 Å². The van der Waals surface area contributed by atoms with E-state index in [4.69, 9.17) is 13.1 Å². The average molecular weight is 313 g/mol. The number of rotatable bonds is 2. The van der Waals surface area contributed by atoms with Gasteiger partial charge in [0.25, 0.3) is 0 Å². The summed E-state index contributed by atoms with van der Waals surface area (Å²) in [6, 6.07) is 9.33. The van der Waals surface area contributed by atoms with E-state index in [1.807, 2.05) is 30.3 Å². The van der Waals surface area contributed by atoms with E-state index in [1.165, 1.54) is 4.90 Å². The molecule has 2 fully saturated rings. The number of piperidine rings is 1. The molecular formula is C13H15NO6S.